The van der Waals surface area contributed by atoms with Gasteiger partial charge in [0.2, 0.25) is 5.91 Å². The van der Waals surface area contributed by atoms with E-state index in [1.165, 1.54) is 16.2 Å². The van der Waals surface area contributed by atoms with Crippen LogP contribution in [0.4, 0.5) is 4.79 Å². The molecule has 3 amide bonds. The zero-order chi connectivity index (χ0) is 19.0. The Morgan fingerprint density at radius 3 is 2.74 bits per heavy atom. The van der Waals surface area contributed by atoms with Crippen molar-refractivity contribution in [1.82, 2.24) is 20.0 Å². The summed E-state index contributed by atoms with van der Waals surface area (Å²) in [6, 6.07) is 11.6. The quantitative estimate of drug-likeness (QED) is 0.712. The van der Waals surface area contributed by atoms with Crippen LogP contribution in [0.25, 0.3) is 15.9 Å². The third kappa shape index (κ3) is 3.35. The minimum absolute atomic E-state index is 0.179. The van der Waals surface area contributed by atoms with Crippen molar-refractivity contribution in [3.63, 3.8) is 0 Å². The van der Waals surface area contributed by atoms with E-state index in [1.807, 2.05) is 48.0 Å². The number of thioether (sulfide) groups is 1. The SMILES string of the molecule is Cc1nn(-c2ccccc2)c2sc(C(=O)NCCN3C(=O)CSC3=O)cc12. The number of nitrogens with zero attached hydrogens (tertiary/aromatic N) is 3. The summed E-state index contributed by atoms with van der Waals surface area (Å²) in [5.74, 6) is -0.250. The number of amides is 3. The summed E-state index contributed by atoms with van der Waals surface area (Å²) < 4.78 is 1.84. The number of carbonyl (C=O) groups excluding carboxylic acids is 3. The molecule has 0 bridgehead atoms. The Hall–Kier alpha value is -2.65. The van der Waals surface area contributed by atoms with Gasteiger partial charge in [-0.1, -0.05) is 30.0 Å². The molecule has 0 radical (unpaired) electrons. The van der Waals surface area contributed by atoms with E-state index in [0.717, 1.165) is 33.4 Å². The number of rotatable bonds is 5. The fraction of sp³-hybridized carbons (Fsp3) is 0.222. The van der Waals surface area contributed by atoms with Gasteiger partial charge in [-0.15, -0.1) is 11.3 Å². The van der Waals surface area contributed by atoms with Crippen molar-refractivity contribution in [2.45, 2.75) is 6.92 Å². The van der Waals surface area contributed by atoms with Crippen molar-refractivity contribution in [2.75, 3.05) is 18.8 Å². The van der Waals surface area contributed by atoms with Gasteiger partial charge in [0.1, 0.15) is 4.83 Å². The molecule has 3 heterocycles. The minimum atomic E-state index is -0.255. The van der Waals surface area contributed by atoms with E-state index in [0.29, 0.717) is 4.88 Å². The Morgan fingerprint density at radius 2 is 2.04 bits per heavy atom. The van der Waals surface area contributed by atoms with Crippen LogP contribution in [0.3, 0.4) is 0 Å². The molecule has 2 aromatic heterocycles. The van der Waals surface area contributed by atoms with E-state index in [-0.39, 0.29) is 35.9 Å². The summed E-state index contributed by atoms with van der Waals surface area (Å²) in [7, 11) is 0. The number of hydrogen-bond acceptors (Lipinski definition) is 6. The molecule has 1 fully saturated rings. The highest BCUT2D eigenvalue weighted by Crippen LogP contribution is 2.30. The van der Waals surface area contributed by atoms with Crippen LogP contribution < -0.4 is 5.32 Å². The number of aromatic nitrogens is 2. The number of imide groups is 1. The van der Waals surface area contributed by atoms with Gasteiger partial charge in [0.15, 0.2) is 0 Å². The van der Waals surface area contributed by atoms with Crippen molar-refractivity contribution in [2.24, 2.45) is 0 Å². The average molecular weight is 400 g/mol. The van der Waals surface area contributed by atoms with Crippen LogP contribution in [0, 0.1) is 6.92 Å². The van der Waals surface area contributed by atoms with Crippen LogP contribution in [0.15, 0.2) is 36.4 Å². The maximum atomic E-state index is 12.5. The lowest BCUT2D eigenvalue weighted by molar-refractivity contribution is -0.124. The van der Waals surface area contributed by atoms with Gasteiger partial charge in [-0.3, -0.25) is 19.3 Å². The number of para-hydroxylation sites is 1. The lowest BCUT2D eigenvalue weighted by atomic mass is 10.3. The topological polar surface area (TPSA) is 84.3 Å². The molecular weight excluding hydrogens is 384 g/mol. The van der Waals surface area contributed by atoms with Crippen LogP contribution in [0.1, 0.15) is 15.4 Å². The lowest BCUT2D eigenvalue weighted by Crippen LogP contribution is -2.37. The fourth-order valence-corrected chi connectivity index (χ4v) is 4.72. The predicted molar refractivity (Wildman–Crippen MR) is 106 cm³/mol. The van der Waals surface area contributed by atoms with Gasteiger partial charge in [0.05, 0.1) is 22.0 Å². The second-order valence-corrected chi connectivity index (χ2v) is 7.98. The third-order valence-corrected chi connectivity index (χ3v) is 6.20. The molecule has 1 N–H and O–H groups in total. The molecule has 27 heavy (non-hydrogen) atoms. The summed E-state index contributed by atoms with van der Waals surface area (Å²) in [5, 5.41) is 8.03. The van der Waals surface area contributed by atoms with E-state index in [2.05, 4.69) is 10.4 Å². The van der Waals surface area contributed by atoms with E-state index in [1.54, 1.807) is 0 Å². The zero-order valence-corrected chi connectivity index (χ0v) is 16.1. The first-order chi connectivity index (χ1) is 13.0. The third-order valence-electron chi connectivity index (χ3n) is 4.23. The number of thiophene rings is 1. The molecule has 1 aliphatic heterocycles. The number of fused-ring (bicyclic) bond motifs is 1. The smallest absolute Gasteiger partial charge is 0.288 e. The number of benzene rings is 1. The van der Waals surface area contributed by atoms with E-state index < -0.39 is 0 Å². The zero-order valence-electron chi connectivity index (χ0n) is 14.5. The molecule has 3 aromatic rings. The second-order valence-electron chi connectivity index (χ2n) is 6.02. The molecule has 0 saturated carbocycles. The number of aryl methyl sites for hydroxylation is 1. The van der Waals surface area contributed by atoms with Crippen molar-refractivity contribution >= 4 is 50.4 Å². The largest absolute Gasteiger partial charge is 0.350 e. The van der Waals surface area contributed by atoms with Gasteiger partial charge in [0, 0.05) is 18.5 Å². The highest BCUT2D eigenvalue weighted by atomic mass is 32.2. The number of hydrogen-bond donors (Lipinski definition) is 1. The molecule has 0 spiro atoms. The van der Waals surface area contributed by atoms with Crippen LogP contribution in [-0.4, -0.2) is 50.6 Å². The summed E-state index contributed by atoms with van der Waals surface area (Å²) in [6.45, 7) is 2.34. The Bertz CT molecular complexity index is 1030. The Morgan fingerprint density at radius 1 is 1.26 bits per heavy atom. The van der Waals surface area contributed by atoms with Crippen LogP contribution in [-0.2, 0) is 4.79 Å². The standard InChI is InChI=1S/C18H16N4O3S2/c1-11-13-9-14(16(24)19-7-8-21-15(23)10-26-18(21)25)27-17(13)22(20-11)12-5-3-2-4-6-12/h2-6,9H,7-8,10H2,1H3,(H,19,24). The molecular formula is C18H16N4O3S2. The first-order valence-electron chi connectivity index (χ1n) is 8.34. The molecule has 1 aliphatic rings. The lowest BCUT2D eigenvalue weighted by Gasteiger charge is -2.12. The van der Waals surface area contributed by atoms with Crippen molar-refractivity contribution in [3.8, 4) is 5.69 Å². The average Bonchev–Trinajstić information content (AvgIpc) is 3.33. The minimum Gasteiger partial charge on any atom is -0.350 e. The van der Waals surface area contributed by atoms with Gasteiger partial charge < -0.3 is 5.32 Å². The van der Waals surface area contributed by atoms with Crippen molar-refractivity contribution in [3.05, 3.63) is 47.0 Å². The monoisotopic (exact) mass is 400 g/mol. The molecule has 7 nitrogen and oxygen atoms in total. The first kappa shape index (κ1) is 17.7. The van der Waals surface area contributed by atoms with Crippen LogP contribution in [0.5, 0.6) is 0 Å². The predicted octanol–water partition coefficient (Wildman–Crippen LogP) is 2.82. The number of nitrogens with one attached hydrogen (secondary N) is 1. The van der Waals surface area contributed by atoms with E-state index in [4.69, 9.17) is 0 Å². The molecule has 0 atom stereocenters. The first-order valence-corrected chi connectivity index (χ1v) is 10.1. The van der Waals surface area contributed by atoms with E-state index in [9.17, 15) is 14.4 Å². The molecule has 1 aromatic carbocycles. The highest BCUT2D eigenvalue weighted by Gasteiger charge is 2.29. The number of carbonyl (C=O) groups is 3. The molecule has 0 unspecified atom stereocenters. The molecule has 0 aliphatic carbocycles. The van der Waals surface area contributed by atoms with Gasteiger partial charge in [-0.05, 0) is 25.1 Å². The van der Waals surface area contributed by atoms with Crippen LogP contribution in [0.2, 0.25) is 0 Å². The van der Waals surface area contributed by atoms with Gasteiger partial charge >= 0.3 is 0 Å². The summed E-state index contributed by atoms with van der Waals surface area (Å²) in [4.78, 5) is 38.3. The normalized spacial score (nSPS) is 14.3. The van der Waals surface area contributed by atoms with Crippen molar-refractivity contribution in [1.29, 1.82) is 0 Å². The second kappa shape index (κ2) is 7.16. The molecule has 1 saturated heterocycles. The highest BCUT2D eigenvalue weighted by molar-refractivity contribution is 8.14. The van der Waals surface area contributed by atoms with Crippen molar-refractivity contribution < 1.29 is 14.4 Å². The molecule has 138 valence electrons. The molecule has 4 rings (SSSR count). The maximum absolute atomic E-state index is 12.5. The summed E-state index contributed by atoms with van der Waals surface area (Å²) >= 11 is 2.36. The summed E-state index contributed by atoms with van der Waals surface area (Å²) in [6.07, 6.45) is 0. The van der Waals surface area contributed by atoms with Gasteiger partial charge in [-0.25, -0.2) is 4.68 Å². The fourth-order valence-electron chi connectivity index (χ4n) is 2.87. The van der Waals surface area contributed by atoms with Gasteiger partial charge in [0.25, 0.3) is 11.1 Å². The Balaban J connectivity index is 1.50. The Kier molecular flexibility index (Phi) is 4.71. The molecule has 9 heteroatoms. The Labute approximate surface area is 163 Å². The van der Waals surface area contributed by atoms with E-state index >= 15 is 0 Å². The summed E-state index contributed by atoms with van der Waals surface area (Å²) in [5.41, 5.74) is 1.79. The van der Waals surface area contributed by atoms with Gasteiger partial charge in [-0.2, -0.15) is 5.10 Å². The van der Waals surface area contributed by atoms with Crippen LogP contribution >= 0.6 is 23.1 Å². The maximum Gasteiger partial charge on any atom is 0.288 e.